The lowest BCUT2D eigenvalue weighted by atomic mass is 10.1. The van der Waals surface area contributed by atoms with E-state index in [0.717, 1.165) is 34.3 Å². The number of fused-ring (bicyclic) bond motifs is 1. The maximum absolute atomic E-state index is 12.4. The molecule has 1 N–H and O–H groups in total. The summed E-state index contributed by atoms with van der Waals surface area (Å²) in [6.07, 6.45) is 5.86. The van der Waals surface area contributed by atoms with Crippen LogP contribution < -0.4 is 10.9 Å². The van der Waals surface area contributed by atoms with Crippen LogP contribution in [0.2, 0.25) is 0 Å². The molecule has 2 aromatic rings. The zero-order valence-electron chi connectivity index (χ0n) is 10.3. The summed E-state index contributed by atoms with van der Waals surface area (Å²) in [6, 6.07) is 1.96. The average Bonchev–Trinajstić information content (AvgIpc) is 2.42. The predicted octanol–water partition coefficient (Wildman–Crippen LogP) is 1.09. The third kappa shape index (κ3) is 2.59. The number of hydrogen-bond acceptors (Lipinski definition) is 4. The van der Waals surface area contributed by atoms with Crippen LogP contribution >= 0.6 is 15.9 Å². The maximum atomic E-state index is 12.4. The van der Waals surface area contributed by atoms with E-state index >= 15 is 0 Å². The Morgan fingerprint density at radius 2 is 2.32 bits per heavy atom. The first-order valence-corrected chi connectivity index (χ1v) is 6.90. The van der Waals surface area contributed by atoms with E-state index < -0.39 is 0 Å². The summed E-state index contributed by atoms with van der Waals surface area (Å²) in [5.74, 6) is 0. The van der Waals surface area contributed by atoms with Crippen molar-refractivity contribution < 1.29 is 0 Å². The SMILES string of the molecule is O=c1c2c(ncn1Cc1cncc(Br)c1)CNCC2. The minimum atomic E-state index is 0.0616. The molecular weight excluding hydrogens is 308 g/mol. The molecule has 0 amide bonds. The van der Waals surface area contributed by atoms with Crippen LogP contribution in [-0.4, -0.2) is 21.1 Å². The van der Waals surface area contributed by atoms with Crippen LogP contribution in [0.15, 0.2) is 34.1 Å². The third-order valence-corrected chi connectivity index (χ3v) is 3.61. The van der Waals surface area contributed by atoms with Crippen LogP contribution in [0.1, 0.15) is 16.8 Å². The molecule has 6 heteroatoms. The van der Waals surface area contributed by atoms with Crippen molar-refractivity contribution in [3.05, 3.63) is 56.4 Å². The Balaban J connectivity index is 1.96. The van der Waals surface area contributed by atoms with Crippen LogP contribution in [0, 0.1) is 0 Å². The monoisotopic (exact) mass is 320 g/mol. The van der Waals surface area contributed by atoms with Gasteiger partial charge in [0, 0.05) is 29.0 Å². The topological polar surface area (TPSA) is 59.8 Å². The summed E-state index contributed by atoms with van der Waals surface area (Å²) in [4.78, 5) is 20.8. The van der Waals surface area contributed by atoms with Crippen LogP contribution in [-0.2, 0) is 19.5 Å². The fourth-order valence-electron chi connectivity index (χ4n) is 2.24. The van der Waals surface area contributed by atoms with Gasteiger partial charge >= 0.3 is 0 Å². The Hall–Kier alpha value is -1.53. The predicted molar refractivity (Wildman–Crippen MR) is 74.9 cm³/mol. The van der Waals surface area contributed by atoms with Gasteiger partial charge in [0.1, 0.15) is 0 Å². The Morgan fingerprint density at radius 3 is 3.16 bits per heavy atom. The lowest BCUT2D eigenvalue weighted by molar-refractivity contribution is 0.596. The van der Waals surface area contributed by atoms with Gasteiger partial charge in [0.15, 0.2) is 0 Å². The van der Waals surface area contributed by atoms with Crippen molar-refractivity contribution in [3.8, 4) is 0 Å². The molecule has 2 aromatic heterocycles. The number of nitrogens with one attached hydrogen (secondary N) is 1. The van der Waals surface area contributed by atoms with Crippen molar-refractivity contribution in [2.75, 3.05) is 6.54 Å². The number of halogens is 1. The second kappa shape index (κ2) is 5.22. The number of rotatable bonds is 2. The molecule has 3 rings (SSSR count). The molecule has 19 heavy (non-hydrogen) atoms. The highest BCUT2D eigenvalue weighted by Gasteiger charge is 2.15. The molecule has 5 nitrogen and oxygen atoms in total. The highest BCUT2D eigenvalue weighted by atomic mass is 79.9. The fraction of sp³-hybridized carbons (Fsp3) is 0.308. The summed E-state index contributed by atoms with van der Waals surface area (Å²) in [6.45, 7) is 2.02. The van der Waals surface area contributed by atoms with Crippen LogP contribution in [0.25, 0.3) is 0 Å². The van der Waals surface area contributed by atoms with E-state index in [1.807, 2.05) is 6.07 Å². The minimum absolute atomic E-state index is 0.0616. The molecule has 0 unspecified atom stereocenters. The number of aromatic nitrogens is 3. The van der Waals surface area contributed by atoms with Gasteiger partial charge in [-0.2, -0.15) is 0 Å². The molecule has 1 aliphatic heterocycles. The standard InChI is InChI=1S/C13H13BrN4O/c14-10-3-9(4-16-5-10)7-18-8-17-12-6-15-2-1-11(12)13(18)19/h3-5,8,15H,1-2,6-7H2. The second-order valence-electron chi connectivity index (χ2n) is 4.54. The number of nitrogens with zero attached hydrogens (tertiary/aromatic N) is 3. The Kier molecular flexibility index (Phi) is 3.44. The first-order chi connectivity index (χ1) is 9.24. The molecule has 3 heterocycles. The first kappa shape index (κ1) is 12.5. The Morgan fingerprint density at radius 1 is 1.42 bits per heavy atom. The van der Waals surface area contributed by atoms with E-state index in [0.29, 0.717) is 13.1 Å². The molecule has 0 radical (unpaired) electrons. The zero-order valence-corrected chi connectivity index (χ0v) is 11.9. The normalized spacial score (nSPS) is 14.2. The van der Waals surface area contributed by atoms with E-state index in [4.69, 9.17) is 0 Å². The van der Waals surface area contributed by atoms with Gasteiger partial charge < -0.3 is 5.32 Å². The van der Waals surface area contributed by atoms with Crippen LogP contribution in [0.3, 0.4) is 0 Å². The molecule has 0 aliphatic carbocycles. The molecule has 98 valence electrons. The smallest absolute Gasteiger partial charge is 0.257 e. The van der Waals surface area contributed by atoms with E-state index in [1.54, 1.807) is 23.3 Å². The van der Waals surface area contributed by atoms with E-state index in [2.05, 4.69) is 31.2 Å². The van der Waals surface area contributed by atoms with Crippen LogP contribution in [0.4, 0.5) is 0 Å². The molecule has 0 bridgehead atoms. The highest BCUT2D eigenvalue weighted by molar-refractivity contribution is 9.10. The summed E-state index contributed by atoms with van der Waals surface area (Å²) in [7, 11) is 0. The average molecular weight is 321 g/mol. The lowest BCUT2D eigenvalue weighted by Gasteiger charge is -2.16. The quantitative estimate of drug-likeness (QED) is 0.900. The Bertz CT molecular complexity index is 668. The highest BCUT2D eigenvalue weighted by Crippen LogP contribution is 2.11. The molecule has 0 atom stereocenters. The summed E-state index contributed by atoms with van der Waals surface area (Å²) in [5, 5.41) is 3.22. The van der Waals surface area contributed by atoms with Crippen molar-refractivity contribution in [1.82, 2.24) is 19.9 Å². The molecule has 0 saturated heterocycles. The lowest BCUT2D eigenvalue weighted by Crippen LogP contribution is -2.34. The number of hydrogen-bond donors (Lipinski definition) is 1. The molecule has 0 spiro atoms. The van der Waals surface area contributed by atoms with E-state index in [9.17, 15) is 4.79 Å². The van der Waals surface area contributed by atoms with Gasteiger partial charge in [0.2, 0.25) is 0 Å². The van der Waals surface area contributed by atoms with Gasteiger partial charge in [-0.3, -0.25) is 14.3 Å². The Labute approximate surface area is 118 Å². The zero-order chi connectivity index (χ0) is 13.2. The van der Waals surface area contributed by atoms with Gasteiger partial charge in [0.25, 0.3) is 5.56 Å². The largest absolute Gasteiger partial charge is 0.311 e. The maximum Gasteiger partial charge on any atom is 0.257 e. The molecule has 0 fully saturated rings. The van der Waals surface area contributed by atoms with Crippen molar-refractivity contribution in [1.29, 1.82) is 0 Å². The van der Waals surface area contributed by atoms with Crippen LogP contribution in [0.5, 0.6) is 0 Å². The summed E-state index contributed by atoms with van der Waals surface area (Å²) < 4.78 is 2.56. The van der Waals surface area contributed by atoms with Gasteiger partial charge in [-0.15, -0.1) is 0 Å². The molecule has 0 aromatic carbocycles. The van der Waals surface area contributed by atoms with E-state index in [1.165, 1.54) is 0 Å². The molecular formula is C13H13BrN4O. The minimum Gasteiger partial charge on any atom is -0.311 e. The summed E-state index contributed by atoms with van der Waals surface area (Å²) in [5.41, 5.74) is 2.75. The van der Waals surface area contributed by atoms with Gasteiger partial charge in [-0.25, -0.2) is 4.98 Å². The van der Waals surface area contributed by atoms with Crippen molar-refractivity contribution in [3.63, 3.8) is 0 Å². The summed E-state index contributed by atoms with van der Waals surface area (Å²) >= 11 is 3.38. The van der Waals surface area contributed by atoms with Gasteiger partial charge in [-0.05, 0) is 40.5 Å². The second-order valence-corrected chi connectivity index (χ2v) is 5.46. The van der Waals surface area contributed by atoms with Gasteiger partial charge in [-0.1, -0.05) is 0 Å². The third-order valence-electron chi connectivity index (χ3n) is 3.18. The number of pyridine rings is 1. The van der Waals surface area contributed by atoms with E-state index in [-0.39, 0.29) is 5.56 Å². The van der Waals surface area contributed by atoms with Crippen molar-refractivity contribution in [2.24, 2.45) is 0 Å². The van der Waals surface area contributed by atoms with Gasteiger partial charge in [0.05, 0.1) is 18.6 Å². The molecule has 0 saturated carbocycles. The first-order valence-electron chi connectivity index (χ1n) is 6.11. The van der Waals surface area contributed by atoms with Crippen molar-refractivity contribution in [2.45, 2.75) is 19.5 Å². The molecule has 1 aliphatic rings. The van der Waals surface area contributed by atoms with Crippen molar-refractivity contribution >= 4 is 15.9 Å². The fourth-order valence-corrected chi connectivity index (χ4v) is 2.65.